The molecule has 7 heteroatoms. The van der Waals surface area contributed by atoms with E-state index in [0.29, 0.717) is 16.9 Å². The van der Waals surface area contributed by atoms with Crippen LogP contribution in [0.25, 0.3) is 11.5 Å². The minimum atomic E-state index is 0.116. The van der Waals surface area contributed by atoms with Crippen LogP contribution in [0, 0.1) is 13.8 Å². The van der Waals surface area contributed by atoms with E-state index in [4.69, 9.17) is 4.42 Å². The van der Waals surface area contributed by atoms with E-state index < -0.39 is 0 Å². The minimum Gasteiger partial charge on any atom is -0.411 e. The number of amides is 1. The molecule has 0 saturated carbocycles. The molecule has 2 heterocycles. The van der Waals surface area contributed by atoms with Crippen molar-refractivity contribution in [2.24, 2.45) is 0 Å². The first-order chi connectivity index (χ1) is 14.6. The lowest BCUT2D eigenvalue weighted by molar-refractivity contribution is -0.130. The van der Waals surface area contributed by atoms with Gasteiger partial charge in [-0.15, -0.1) is 10.2 Å². The first-order valence-electron chi connectivity index (χ1n) is 10.2. The molecule has 0 N–H and O–H groups in total. The highest BCUT2D eigenvalue weighted by molar-refractivity contribution is 7.99. The molecule has 1 aromatic heterocycles. The minimum absolute atomic E-state index is 0.116. The van der Waals surface area contributed by atoms with Crippen molar-refractivity contribution in [2.75, 3.05) is 31.9 Å². The van der Waals surface area contributed by atoms with E-state index in [1.54, 1.807) is 0 Å². The molecule has 3 aromatic rings. The fourth-order valence-corrected chi connectivity index (χ4v) is 4.14. The van der Waals surface area contributed by atoms with Gasteiger partial charge in [0.25, 0.3) is 5.22 Å². The third kappa shape index (κ3) is 5.09. The molecule has 1 fully saturated rings. The number of benzene rings is 2. The molecule has 0 spiro atoms. The maximum atomic E-state index is 12.6. The van der Waals surface area contributed by atoms with Crippen LogP contribution < -0.4 is 0 Å². The quantitative estimate of drug-likeness (QED) is 0.563. The summed E-state index contributed by atoms with van der Waals surface area (Å²) in [7, 11) is 0. The van der Waals surface area contributed by atoms with Crippen LogP contribution in [0.1, 0.15) is 16.7 Å². The predicted octanol–water partition coefficient (Wildman–Crippen LogP) is 3.79. The second kappa shape index (κ2) is 9.45. The highest BCUT2D eigenvalue weighted by Gasteiger charge is 2.22. The van der Waals surface area contributed by atoms with E-state index >= 15 is 0 Å². The molecule has 1 amide bonds. The summed E-state index contributed by atoms with van der Waals surface area (Å²) in [6, 6.07) is 16.5. The lowest BCUT2D eigenvalue weighted by Crippen LogP contribution is -2.48. The maximum absolute atomic E-state index is 12.6. The van der Waals surface area contributed by atoms with Gasteiger partial charge in [-0.1, -0.05) is 48.2 Å². The number of aromatic nitrogens is 2. The predicted molar refractivity (Wildman–Crippen MR) is 118 cm³/mol. The van der Waals surface area contributed by atoms with Gasteiger partial charge in [-0.25, -0.2) is 0 Å². The molecule has 156 valence electrons. The van der Waals surface area contributed by atoms with Crippen LogP contribution >= 0.6 is 11.8 Å². The van der Waals surface area contributed by atoms with Gasteiger partial charge in [0.15, 0.2) is 0 Å². The largest absolute Gasteiger partial charge is 0.411 e. The van der Waals surface area contributed by atoms with Crippen molar-refractivity contribution in [3.8, 4) is 11.5 Å². The molecule has 1 aliphatic rings. The Labute approximate surface area is 181 Å². The number of thioether (sulfide) groups is 1. The van der Waals surface area contributed by atoms with Gasteiger partial charge in [0.2, 0.25) is 11.8 Å². The van der Waals surface area contributed by atoms with Gasteiger partial charge >= 0.3 is 0 Å². The van der Waals surface area contributed by atoms with Gasteiger partial charge in [0.05, 0.1) is 5.75 Å². The molecular formula is C23H26N4O2S. The Morgan fingerprint density at radius 2 is 1.77 bits per heavy atom. The zero-order valence-corrected chi connectivity index (χ0v) is 18.2. The number of carbonyl (C=O) groups is 1. The zero-order chi connectivity index (χ0) is 20.9. The van der Waals surface area contributed by atoms with Crippen LogP contribution in [-0.4, -0.2) is 57.8 Å². The van der Waals surface area contributed by atoms with Gasteiger partial charge in [-0.3, -0.25) is 9.69 Å². The van der Waals surface area contributed by atoms with Crippen molar-refractivity contribution in [1.29, 1.82) is 0 Å². The van der Waals surface area contributed by atoms with E-state index in [2.05, 4.69) is 53.2 Å². The molecule has 4 rings (SSSR count). The monoisotopic (exact) mass is 422 g/mol. The fraction of sp³-hybridized carbons (Fsp3) is 0.348. The Morgan fingerprint density at radius 1 is 1.00 bits per heavy atom. The van der Waals surface area contributed by atoms with E-state index in [-0.39, 0.29) is 5.91 Å². The van der Waals surface area contributed by atoms with Crippen molar-refractivity contribution in [2.45, 2.75) is 25.6 Å². The van der Waals surface area contributed by atoms with Crippen molar-refractivity contribution in [1.82, 2.24) is 20.0 Å². The van der Waals surface area contributed by atoms with Gasteiger partial charge in [-0.05, 0) is 42.7 Å². The Hall–Kier alpha value is -2.64. The number of nitrogens with zero attached hydrogens (tertiary/aromatic N) is 4. The fourth-order valence-electron chi connectivity index (χ4n) is 3.47. The Balaban J connectivity index is 1.25. The lowest BCUT2D eigenvalue weighted by atomic mass is 10.1. The van der Waals surface area contributed by atoms with Gasteiger partial charge < -0.3 is 9.32 Å². The third-order valence-corrected chi connectivity index (χ3v) is 6.26. The normalized spacial score (nSPS) is 14.8. The van der Waals surface area contributed by atoms with Crippen LogP contribution in [0.2, 0.25) is 0 Å². The average molecular weight is 423 g/mol. The summed E-state index contributed by atoms with van der Waals surface area (Å²) in [5.74, 6) is 0.917. The van der Waals surface area contributed by atoms with Crippen molar-refractivity contribution in [3.63, 3.8) is 0 Å². The van der Waals surface area contributed by atoms with Crippen LogP contribution in [0.3, 0.4) is 0 Å². The lowest BCUT2D eigenvalue weighted by Gasteiger charge is -2.34. The molecule has 0 aliphatic carbocycles. The number of piperazine rings is 1. The van der Waals surface area contributed by atoms with Crippen LogP contribution in [0.15, 0.2) is 58.2 Å². The smallest absolute Gasteiger partial charge is 0.277 e. The topological polar surface area (TPSA) is 62.5 Å². The Bertz CT molecular complexity index is 997. The Morgan fingerprint density at radius 3 is 2.50 bits per heavy atom. The molecular weight excluding hydrogens is 396 g/mol. The zero-order valence-electron chi connectivity index (χ0n) is 17.4. The summed E-state index contributed by atoms with van der Waals surface area (Å²) in [6.07, 6.45) is 0. The maximum Gasteiger partial charge on any atom is 0.277 e. The summed E-state index contributed by atoms with van der Waals surface area (Å²) in [4.78, 5) is 16.9. The highest BCUT2D eigenvalue weighted by Crippen LogP contribution is 2.25. The molecule has 0 unspecified atom stereocenters. The molecule has 2 aromatic carbocycles. The number of hydrogen-bond acceptors (Lipinski definition) is 6. The summed E-state index contributed by atoms with van der Waals surface area (Å²) < 4.78 is 5.75. The average Bonchev–Trinajstić information content (AvgIpc) is 3.24. The molecule has 6 nitrogen and oxygen atoms in total. The number of rotatable bonds is 6. The molecule has 1 aliphatic heterocycles. The van der Waals surface area contributed by atoms with Crippen molar-refractivity contribution < 1.29 is 9.21 Å². The van der Waals surface area contributed by atoms with Gasteiger partial charge in [-0.2, -0.15) is 0 Å². The number of hydrogen-bond donors (Lipinski definition) is 0. The van der Waals surface area contributed by atoms with Crippen LogP contribution in [0.4, 0.5) is 0 Å². The first-order valence-corrected chi connectivity index (χ1v) is 11.1. The molecule has 1 saturated heterocycles. The second-order valence-corrected chi connectivity index (χ2v) is 8.53. The molecule has 0 radical (unpaired) electrons. The van der Waals surface area contributed by atoms with E-state index in [1.165, 1.54) is 28.5 Å². The molecule has 0 bridgehead atoms. The number of aryl methyl sites for hydroxylation is 2. The highest BCUT2D eigenvalue weighted by atomic mass is 32.2. The summed E-state index contributed by atoms with van der Waals surface area (Å²) in [5, 5.41) is 8.65. The first kappa shape index (κ1) is 20.6. The summed E-state index contributed by atoms with van der Waals surface area (Å²) in [6.45, 7) is 8.35. The summed E-state index contributed by atoms with van der Waals surface area (Å²) in [5.41, 5.74) is 4.62. The summed E-state index contributed by atoms with van der Waals surface area (Å²) >= 11 is 1.30. The third-order valence-electron chi connectivity index (χ3n) is 5.45. The van der Waals surface area contributed by atoms with E-state index in [9.17, 15) is 4.79 Å². The standard InChI is InChI=1S/C23H26N4O2S/c1-17-8-9-20(14-18(17)2)22-24-25-23(29-22)30-16-21(28)27-12-10-26(11-13-27)15-19-6-4-3-5-7-19/h3-9,14H,10-13,15-16H2,1-2H3. The Kier molecular flexibility index (Phi) is 6.50. The second-order valence-electron chi connectivity index (χ2n) is 7.60. The van der Waals surface area contributed by atoms with Crippen LogP contribution in [-0.2, 0) is 11.3 Å². The number of carbonyl (C=O) groups excluding carboxylic acids is 1. The van der Waals surface area contributed by atoms with Gasteiger partial charge in [0, 0.05) is 38.3 Å². The van der Waals surface area contributed by atoms with E-state index in [0.717, 1.165) is 38.3 Å². The van der Waals surface area contributed by atoms with Gasteiger partial charge in [0.1, 0.15) is 0 Å². The van der Waals surface area contributed by atoms with E-state index in [1.807, 2.05) is 29.2 Å². The van der Waals surface area contributed by atoms with Crippen molar-refractivity contribution in [3.05, 3.63) is 65.2 Å². The SMILES string of the molecule is Cc1ccc(-c2nnc(SCC(=O)N3CCN(Cc4ccccc4)CC3)o2)cc1C. The van der Waals surface area contributed by atoms with Crippen LogP contribution in [0.5, 0.6) is 0 Å². The molecule has 30 heavy (non-hydrogen) atoms. The molecule has 0 atom stereocenters. The van der Waals surface area contributed by atoms with Crippen molar-refractivity contribution >= 4 is 17.7 Å².